The van der Waals surface area contributed by atoms with E-state index in [1.165, 1.54) is 14.0 Å². The van der Waals surface area contributed by atoms with Crippen LogP contribution >= 0.6 is 0 Å². The molecule has 0 bridgehead atoms. The van der Waals surface area contributed by atoms with E-state index in [1.807, 2.05) is 0 Å². The zero-order chi connectivity index (χ0) is 23.8. The topological polar surface area (TPSA) is 125 Å². The molecule has 2 aliphatic heterocycles. The van der Waals surface area contributed by atoms with Crippen LogP contribution in [0.15, 0.2) is 46.0 Å². The number of benzene rings is 1. The molecule has 0 saturated carbocycles. The number of hydrogen-bond donors (Lipinski definition) is 1. The first-order valence-corrected chi connectivity index (χ1v) is 11.0. The third-order valence-corrected chi connectivity index (χ3v) is 6.03. The van der Waals surface area contributed by atoms with Crippen LogP contribution < -0.4 is 26.2 Å². The minimum atomic E-state index is -0.514. The highest BCUT2D eigenvalue weighted by Crippen LogP contribution is 2.30. The van der Waals surface area contributed by atoms with E-state index in [0.717, 1.165) is 0 Å². The molecule has 3 aromatic rings. The molecular formula is C23H23N5O6. The maximum atomic E-state index is 12.7. The van der Waals surface area contributed by atoms with E-state index >= 15 is 0 Å². The highest BCUT2D eigenvalue weighted by atomic mass is 16.6. The van der Waals surface area contributed by atoms with Crippen LogP contribution in [0.5, 0.6) is 5.75 Å². The molecular weight excluding hydrogens is 442 g/mol. The van der Waals surface area contributed by atoms with Gasteiger partial charge in [-0.2, -0.15) is 0 Å². The molecule has 1 fully saturated rings. The number of hydrogen-bond acceptors (Lipinski definition) is 7. The van der Waals surface area contributed by atoms with Crippen LogP contribution in [-0.2, 0) is 23.1 Å². The van der Waals surface area contributed by atoms with Crippen LogP contribution in [0.4, 0.5) is 16.4 Å². The van der Waals surface area contributed by atoms with Gasteiger partial charge >= 0.3 is 11.8 Å². The Morgan fingerprint density at radius 3 is 2.76 bits per heavy atom. The number of carbonyl (C=O) groups excluding carboxylic acids is 2. The molecule has 11 heteroatoms. The second-order valence-corrected chi connectivity index (χ2v) is 8.28. The number of anilines is 2. The molecule has 2 aliphatic rings. The Morgan fingerprint density at radius 1 is 1.09 bits per heavy atom. The van der Waals surface area contributed by atoms with Crippen molar-refractivity contribution < 1.29 is 19.1 Å². The van der Waals surface area contributed by atoms with Gasteiger partial charge in [0.2, 0.25) is 0 Å². The number of carbonyl (C=O) groups is 2. The number of aryl methyl sites for hydroxylation is 1. The van der Waals surface area contributed by atoms with Crippen LogP contribution in [0.2, 0.25) is 0 Å². The van der Waals surface area contributed by atoms with Crippen LogP contribution in [0.3, 0.4) is 0 Å². The molecule has 5 rings (SSSR count). The molecule has 0 spiro atoms. The van der Waals surface area contributed by atoms with Crippen molar-refractivity contribution in [3.63, 3.8) is 0 Å². The Kier molecular flexibility index (Phi) is 5.52. The van der Waals surface area contributed by atoms with Gasteiger partial charge in [0.25, 0.3) is 11.5 Å². The molecule has 0 aliphatic carbocycles. The summed E-state index contributed by atoms with van der Waals surface area (Å²) in [6.07, 6.45) is 0.973. The molecule has 4 heterocycles. The van der Waals surface area contributed by atoms with Crippen molar-refractivity contribution in [1.29, 1.82) is 0 Å². The fourth-order valence-electron chi connectivity index (χ4n) is 4.27. The summed E-state index contributed by atoms with van der Waals surface area (Å²) in [5.41, 5.74) is -0.0444. The number of rotatable bonds is 6. The van der Waals surface area contributed by atoms with Gasteiger partial charge in [0.05, 0.1) is 17.4 Å². The third kappa shape index (κ3) is 3.89. The number of pyridine rings is 1. The number of unbranched alkanes of at least 4 members (excludes halogenated alkanes) is 1. The standard InChI is InChI=1S/C23H23N5O6/c1-26-16-8-3-2-7-15(16)21(30)27(22(26)31)11-5-4-6-14-12-28(23(32)34-14)18-10-9-17-20(24-18)25-19(29)13-33-17/h2-3,7-10,14H,4-6,11-13H2,1H3,(H,24,25,29)/t14-/m1/s1. The van der Waals surface area contributed by atoms with Crippen LogP contribution in [-0.4, -0.2) is 45.4 Å². The predicted octanol–water partition coefficient (Wildman–Crippen LogP) is 1.62. The Bertz CT molecular complexity index is 1410. The second-order valence-electron chi connectivity index (χ2n) is 8.28. The fraction of sp³-hybridized carbons (Fsp3) is 0.348. The molecule has 2 amide bonds. The summed E-state index contributed by atoms with van der Waals surface area (Å²) in [5.74, 6) is 0.776. The Balaban J connectivity index is 1.20. The minimum absolute atomic E-state index is 0.0702. The summed E-state index contributed by atoms with van der Waals surface area (Å²) < 4.78 is 13.5. The summed E-state index contributed by atoms with van der Waals surface area (Å²) in [6, 6.07) is 10.3. The fourth-order valence-corrected chi connectivity index (χ4v) is 4.27. The van der Waals surface area contributed by atoms with E-state index in [1.54, 1.807) is 43.4 Å². The molecule has 0 radical (unpaired) electrons. The van der Waals surface area contributed by atoms with Crippen molar-refractivity contribution in [3.8, 4) is 5.75 Å². The highest BCUT2D eigenvalue weighted by Gasteiger charge is 2.33. The van der Waals surface area contributed by atoms with Crippen LogP contribution in [0.25, 0.3) is 10.9 Å². The number of cyclic esters (lactones) is 1. The van der Waals surface area contributed by atoms with Crippen molar-refractivity contribution in [1.82, 2.24) is 14.1 Å². The molecule has 176 valence electrons. The van der Waals surface area contributed by atoms with E-state index in [-0.39, 0.29) is 42.2 Å². The SMILES string of the molecule is Cn1c(=O)n(CCCC[C@@H]2CN(c3ccc4c(n3)NC(=O)CO4)C(=O)O2)c(=O)c2ccccc21. The number of fused-ring (bicyclic) bond motifs is 2. The number of para-hydroxylation sites is 1. The monoisotopic (exact) mass is 465 g/mol. The van der Waals surface area contributed by atoms with E-state index in [2.05, 4.69) is 10.3 Å². The van der Waals surface area contributed by atoms with E-state index in [4.69, 9.17) is 9.47 Å². The van der Waals surface area contributed by atoms with Crippen molar-refractivity contribution >= 4 is 34.5 Å². The summed E-state index contributed by atoms with van der Waals surface area (Å²) in [4.78, 5) is 55.0. The third-order valence-electron chi connectivity index (χ3n) is 6.03. The van der Waals surface area contributed by atoms with Gasteiger partial charge in [-0.3, -0.25) is 23.6 Å². The largest absolute Gasteiger partial charge is 0.480 e. The van der Waals surface area contributed by atoms with Gasteiger partial charge < -0.3 is 14.8 Å². The molecule has 1 N–H and O–H groups in total. The van der Waals surface area contributed by atoms with Gasteiger partial charge in [0.1, 0.15) is 11.9 Å². The Hall–Kier alpha value is -4.15. The highest BCUT2D eigenvalue weighted by molar-refractivity contribution is 5.95. The molecule has 11 nitrogen and oxygen atoms in total. The van der Waals surface area contributed by atoms with Gasteiger partial charge in [-0.05, 0) is 43.5 Å². The number of ether oxygens (including phenoxy) is 2. The Morgan fingerprint density at radius 2 is 1.91 bits per heavy atom. The molecule has 1 saturated heterocycles. The maximum absolute atomic E-state index is 12.7. The lowest BCUT2D eigenvalue weighted by atomic mass is 10.1. The second kappa shape index (κ2) is 8.65. The van der Waals surface area contributed by atoms with E-state index < -0.39 is 6.09 Å². The van der Waals surface area contributed by atoms with E-state index in [0.29, 0.717) is 48.3 Å². The summed E-state index contributed by atoms with van der Waals surface area (Å²) in [5, 5.41) is 3.13. The maximum Gasteiger partial charge on any atom is 0.415 e. The number of aromatic nitrogens is 3. The van der Waals surface area contributed by atoms with E-state index in [9.17, 15) is 19.2 Å². The molecule has 34 heavy (non-hydrogen) atoms. The number of nitrogens with zero attached hydrogens (tertiary/aromatic N) is 4. The molecule has 0 unspecified atom stereocenters. The van der Waals surface area contributed by atoms with Crippen LogP contribution in [0, 0.1) is 0 Å². The lowest BCUT2D eigenvalue weighted by Crippen LogP contribution is -2.39. The van der Waals surface area contributed by atoms with Crippen molar-refractivity contribution in [2.75, 3.05) is 23.4 Å². The first-order chi connectivity index (χ1) is 16.4. The van der Waals surface area contributed by atoms with Gasteiger partial charge in [0.15, 0.2) is 18.2 Å². The van der Waals surface area contributed by atoms with Crippen LogP contribution in [0.1, 0.15) is 19.3 Å². The first kappa shape index (κ1) is 21.7. The normalized spacial score (nSPS) is 17.3. The minimum Gasteiger partial charge on any atom is -0.480 e. The van der Waals surface area contributed by atoms with Gasteiger partial charge in [0, 0.05) is 13.6 Å². The van der Waals surface area contributed by atoms with Crippen molar-refractivity contribution in [2.24, 2.45) is 7.05 Å². The molecule has 1 atom stereocenters. The van der Waals surface area contributed by atoms with Crippen molar-refractivity contribution in [3.05, 3.63) is 57.2 Å². The lowest BCUT2D eigenvalue weighted by molar-refractivity contribution is -0.118. The molecule has 2 aromatic heterocycles. The lowest BCUT2D eigenvalue weighted by Gasteiger charge is -2.19. The Labute approximate surface area is 193 Å². The average molecular weight is 465 g/mol. The smallest absolute Gasteiger partial charge is 0.415 e. The number of nitrogens with one attached hydrogen (secondary N) is 1. The zero-order valence-corrected chi connectivity index (χ0v) is 18.5. The van der Waals surface area contributed by atoms with Gasteiger partial charge in [-0.15, -0.1) is 0 Å². The zero-order valence-electron chi connectivity index (χ0n) is 18.5. The summed E-state index contributed by atoms with van der Waals surface area (Å²) >= 11 is 0. The van der Waals surface area contributed by atoms with Gasteiger partial charge in [-0.25, -0.2) is 14.6 Å². The first-order valence-electron chi connectivity index (χ1n) is 11.0. The number of amides is 2. The predicted molar refractivity (Wildman–Crippen MR) is 123 cm³/mol. The summed E-state index contributed by atoms with van der Waals surface area (Å²) in [6.45, 7) is 0.531. The average Bonchev–Trinajstić information content (AvgIpc) is 3.22. The quantitative estimate of drug-likeness (QED) is 0.549. The molecule has 1 aromatic carbocycles. The van der Waals surface area contributed by atoms with Gasteiger partial charge in [-0.1, -0.05) is 12.1 Å². The van der Waals surface area contributed by atoms with Crippen molar-refractivity contribution in [2.45, 2.75) is 31.9 Å². The summed E-state index contributed by atoms with van der Waals surface area (Å²) in [7, 11) is 1.65.